The highest BCUT2D eigenvalue weighted by Crippen LogP contribution is 2.27. The molecule has 4 rings (SSSR count). The average molecular weight is 376 g/mol. The van der Waals surface area contributed by atoms with Gasteiger partial charge in [0, 0.05) is 23.2 Å². The van der Waals surface area contributed by atoms with Gasteiger partial charge < -0.3 is 9.15 Å². The van der Waals surface area contributed by atoms with E-state index >= 15 is 0 Å². The molecule has 0 aliphatic rings. The Bertz CT molecular complexity index is 1270. The molecule has 0 N–H and O–H groups in total. The van der Waals surface area contributed by atoms with Crippen molar-refractivity contribution in [2.45, 2.75) is 33.8 Å². The Balaban J connectivity index is 1.49. The van der Waals surface area contributed by atoms with Gasteiger partial charge in [-0.15, -0.1) is 0 Å². The molecule has 4 aromatic rings. The molecule has 0 fully saturated rings. The van der Waals surface area contributed by atoms with E-state index in [2.05, 4.69) is 4.98 Å². The fourth-order valence-electron chi connectivity index (χ4n) is 3.22. The number of benzene rings is 1. The third-order valence-corrected chi connectivity index (χ3v) is 4.92. The molecule has 142 valence electrons. The van der Waals surface area contributed by atoms with Crippen molar-refractivity contribution in [2.75, 3.05) is 0 Å². The Morgan fingerprint density at radius 1 is 1.18 bits per heavy atom. The summed E-state index contributed by atoms with van der Waals surface area (Å²) in [7, 11) is 0. The molecule has 3 aromatic heterocycles. The zero-order chi connectivity index (χ0) is 19.8. The number of hydrogen-bond acceptors (Lipinski definition) is 5. The molecule has 0 saturated carbocycles. The van der Waals surface area contributed by atoms with Crippen LogP contribution in [0.5, 0.6) is 0 Å². The number of pyridine rings is 1. The van der Waals surface area contributed by atoms with Crippen LogP contribution in [-0.4, -0.2) is 15.4 Å². The first-order valence-electron chi connectivity index (χ1n) is 9.03. The van der Waals surface area contributed by atoms with Gasteiger partial charge >= 0.3 is 5.97 Å². The van der Waals surface area contributed by atoms with Crippen molar-refractivity contribution in [1.82, 2.24) is 9.38 Å². The van der Waals surface area contributed by atoms with Gasteiger partial charge in [-0.05, 0) is 43.5 Å². The number of carbonyl (C=O) groups excluding carboxylic acids is 1. The third kappa shape index (κ3) is 3.29. The van der Waals surface area contributed by atoms with Crippen molar-refractivity contribution in [1.29, 1.82) is 0 Å². The molecule has 0 amide bonds. The second kappa shape index (κ2) is 6.96. The normalized spacial score (nSPS) is 11.2. The van der Waals surface area contributed by atoms with Crippen molar-refractivity contribution in [3.63, 3.8) is 0 Å². The summed E-state index contributed by atoms with van der Waals surface area (Å²) in [5, 5.41) is 0.914. The number of esters is 1. The van der Waals surface area contributed by atoms with E-state index in [4.69, 9.17) is 9.15 Å². The number of fused-ring (bicyclic) bond motifs is 2. The maximum Gasteiger partial charge on any atom is 0.310 e. The van der Waals surface area contributed by atoms with E-state index in [-0.39, 0.29) is 18.6 Å². The van der Waals surface area contributed by atoms with Gasteiger partial charge in [0.2, 0.25) is 0 Å². The van der Waals surface area contributed by atoms with Crippen molar-refractivity contribution in [3.8, 4) is 0 Å². The third-order valence-electron chi connectivity index (χ3n) is 4.92. The summed E-state index contributed by atoms with van der Waals surface area (Å²) in [5.41, 5.74) is 5.49. The lowest BCUT2D eigenvalue weighted by atomic mass is 10.0. The van der Waals surface area contributed by atoms with E-state index in [0.717, 1.165) is 33.2 Å². The number of rotatable bonds is 4. The fourth-order valence-corrected chi connectivity index (χ4v) is 3.22. The lowest BCUT2D eigenvalue weighted by Gasteiger charge is -2.06. The molecule has 28 heavy (non-hydrogen) atoms. The summed E-state index contributed by atoms with van der Waals surface area (Å²) in [6.45, 7) is 5.87. The van der Waals surface area contributed by atoms with Crippen LogP contribution in [0.25, 0.3) is 16.6 Å². The lowest BCUT2D eigenvalue weighted by Crippen LogP contribution is -2.17. The molecule has 0 radical (unpaired) electrons. The molecule has 1 aromatic carbocycles. The van der Waals surface area contributed by atoms with Crippen LogP contribution in [0, 0.1) is 20.8 Å². The lowest BCUT2D eigenvalue weighted by molar-refractivity contribution is -0.144. The number of furan rings is 1. The van der Waals surface area contributed by atoms with Gasteiger partial charge in [-0.3, -0.25) is 14.0 Å². The first-order chi connectivity index (χ1) is 13.4. The zero-order valence-electron chi connectivity index (χ0n) is 16.0. The predicted molar refractivity (Wildman–Crippen MR) is 105 cm³/mol. The minimum Gasteiger partial charge on any atom is -0.464 e. The van der Waals surface area contributed by atoms with E-state index in [1.54, 1.807) is 18.5 Å². The summed E-state index contributed by atoms with van der Waals surface area (Å²) in [5.74, 6) is -0.396. The molecule has 0 spiro atoms. The largest absolute Gasteiger partial charge is 0.464 e. The molecule has 3 heterocycles. The number of hydrogen-bond donors (Lipinski definition) is 0. The highest BCUT2D eigenvalue weighted by atomic mass is 16.5. The quantitative estimate of drug-likeness (QED) is 0.508. The SMILES string of the molecule is Cc1ccc2nc(COC(=O)Cc3coc4c(C)c(C)ccc34)cc(=O)n2c1. The van der Waals surface area contributed by atoms with Crippen LogP contribution >= 0.6 is 0 Å². The van der Waals surface area contributed by atoms with E-state index in [1.807, 2.05) is 39.0 Å². The van der Waals surface area contributed by atoms with Gasteiger partial charge in [-0.2, -0.15) is 0 Å². The van der Waals surface area contributed by atoms with Crippen LogP contribution in [0.2, 0.25) is 0 Å². The highest BCUT2D eigenvalue weighted by Gasteiger charge is 2.14. The Morgan fingerprint density at radius 3 is 2.82 bits per heavy atom. The van der Waals surface area contributed by atoms with Gasteiger partial charge in [-0.1, -0.05) is 18.2 Å². The Morgan fingerprint density at radius 2 is 2.00 bits per heavy atom. The van der Waals surface area contributed by atoms with Gasteiger partial charge in [0.15, 0.2) is 0 Å². The van der Waals surface area contributed by atoms with E-state index < -0.39 is 5.97 Å². The minimum atomic E-state index is -0.396. The summed E-state index contributed by atoms with van der Waals surface area (Å²) in [6, 6.07) is 9.00. The Kier molecular flexibility index (Phi) is 4.47. The topological polar surface area (TPSA) is 73.8 Å². The van der Waals surface area contributed by atoms with Crippen LogP contribution in [0.4, 0.5) is 0 Å². The van der Waals surface area contributed by atoms with Gasteiger partial charge in [0.1, 0.15) is 17.8 Å². The van der Waals surface area contributed by atoms with Crippen molar-refractivity contribution in [2.24, 2.45) is 0 Å². The number of aromatic nitrogens is 2. The predicted octanol–water partition coefficient (Wildman–Crippen LogP) is 3.65. The number of nitrogens with zero attached hydrogens (tertiary/aromatic N) is 2. The highest BCUT2D eigenvalue weighted by molar-refractivity contribution is 5.88. The number of carbonyl (C=O) groups is 1. The molecule has 0 aliphatic heterocycles. The molecule has 6 heteroatoms. The van der Waals surface area contributed by atoms with E-state index in [9.17, 15) is 9.59 Å². The van der Waals surface area contributed by atoms with Crippen molar-refractivity contribution < 1.29 is 13.9 Å². The smallest absolute Gasteiger partial charge is 0.310 e. The second-order valence-corrected chi connectivity index (χ2v) is 7.00. The van der Waals surface area contributed by atoms with E-state index in [0.29, 0.717) is 11.3 Å². The molecule has 6 nitrogen and oxygen atoms in total. The standard InChI is InChI=1S/C22H20N2O4/c1-13-4-7-19-23-17(9-20(25)24(19)10-13)12-27-21(26)8-16-11-28-22-15(3)14(2)5-6-18(16)22/h4-7,9-11H,8,12H2,1-3H3. The molecular formula is C22H20N2O4. The van der Waals surface area contributed by atoms with E-state index in [1.165, 1.54) is 10.5 Å². The minimum absolute atomic E-state index is 0.0492. The Hall–Kier alpha value is -3.41. The summed E-state index contributed by atoms with van der Waals surface area (Å²) >= 11 is 0. The van der Waals surface area contributed by atoms with Crippen LogP contribution < -0.4 is 5.56 Å². The Labute approximate surface area is 161 Å². The number of ether oxygens (including phenoxy) is 1. The average Bonchev–Trinajstić information content (AvgIpc) is 3.07. The van der Waals surface area contributed by atoms with Crippen LogP contribution in [0.1, 0.15) is 27.9 Å². The monoisotopic (exact) mass is 376 g/mol. The summed E-state index contributed by atoms with van der Waals surface area (Å²) in [6.07, 6.45) is 3.43. The first kappa shape index (κ1) is 18.0. The second-order valence-electron chi connectivity index (χ2n) is 7.00. The van der Waals surface area contributed by atoms with Crippen molar-refractivity contribution in [3.05, 3.63) is 81.1 Å². The zero-order valence-corrected chi connectivity index (χ0v) is 16.0. The fraction of sp³-hybridized carbons (Fsp3) is 0.227. The van der Waals surface area contributed by atoms with Gasteiger partial charge in [0.05, 0.1) is 18.4 Å². The maximum atomic E-state index is 12.3. The van der Waals surface area contributed by atoms with Gasteiger partial charge in [0.25, 0.3) is 5.56 Å². The van der Waals surface area contributed by atoms with Crippen LogP contribution in [0.3, 0.4) is 0 Å². The molecule has 0 bridgehead atoms. The van der Waals surface area contributed by atoms with Crippen molar-refractivity contribution >= 4 is 22.6 Å². The molecular weight excluding hydrogens is 356 g/mol. The summed E-state index contributed by atoms with van der Waals surface area (Å²) in [4.78, 5) is 28.9. The first-order valence-corrected chi connectivity index (χ1v) is 9.03. The molecule has 0 atom stereocenters. The van der Waals surface area contributed by atoms with Crippen LogP contribution in [-0.2, 0) is 22.6 Å². The molecule has 0 unspecified atom stereocenters. The summed E-state index contributed by atoms with van der Waals surface area (Å²) < 4.78 is 12.4. The van der Waals surface area contributed by atoms with Gasteiger partial charge in [-0.25, -0.2) is 4.98 Å². The number of aryl methyl sites for hydroxylation is 3. The van der Waals surface area contributed by atoms with Crippen LogP contribution in [0.15, 0.2) is 52.0 Å². The maximum absolute atomic E-state index is 12.3. The molecule has 0 aliphatic carbocycles. The molecule has 0 saturated heterocycles.